The summed E-state index contributed by atoms with van der Waals surface area (Å²) in [7, 11) is 0. The van der Waals surface area contributed by atoms with Crippen LogP contribution < -0.4 is 38.1 Å². The summed E-state index contributed by atoms with van der Waals surface area (Å²) in [5.74, 6) is -5.02. The van der Waals surface area contributed by atoms with Crippen LogP contribution in [0, 0.1) is 11.8 Å². The number of nitrogens with two attached hydrogens (primary N) is 2. The zero-order valence-electron chi connectivity index (χ0n) is 31.7. The van der Waals surface area contributed by atoms with Crippen molar-refractivity contribution in [3.05, 3.63) is 36.0 Å². The minimum atomic E-state index is -1.13. The van der Waals surface area contributed by atoms with Crippen molar-refractivity contribution in [2.24, 2.45) is 23.3 Å². The fourth-order valence-corrected chi connectivity index (χ4v) is 6.54. The summed E-state index contributed by atoms with van der Waals surface area (Å²) in [5.41, 5.74) is 12.1. The standard InChI is InChI=1S/C37H55N9O8/c1-20(2)15-27(35(52)43-28(33(50)41-19-32(39)49)17-23-18-40-25-10-7-6-9-24(23)25)44-36(53)30-11-8-14-46(30)37(54)29(16-21(3)4)45-34(51)26(42-22(5)47)12-13-31(38)48/h6-7,9-10,18,20-21,26-30,40H,8,11-17,19H2,1-5H3,(H2,38,48)(H2,39,49)(H,41,50)(H,42,47)(H,43,52)(H,44,53)(H,45,51)/t26-,27-,28-,29-,30-/m0/s1. The largest absolute Gasteiger partial charge is 0.370 e. The van der Waals surface area contributed by atoms with Gasteiger partial charge in [0.15, 0.2) is 0 Å². The molecule has 1 aliphatic rings. The zero-order chi connectivity index (χ0) is 40.1. The molecule has 0 aliphatic carbocycles. The van der Waals surface area contributed by atoms with E-state index in [1.165, 1.54) is 11.8 Å². The van der Waals surface area contributed by atoms with Gasteiger partial charge in [0.2, 0.25) is 47.3 Å². The summed E-state index contributed by atoms with van der Waals surface area (Å²) in [6, 6.07) is 2.14. The van der Waals surface area contributed by atoms with E-state index in [9.17, 15) is 38.4 Å². The van der Waals surface area contributed by atoms with Gasteiger partial charge < -0.3 is 47.9 Å². The lowest BCUT2D eigenvalue weighted by molar-refractivity contribution is -0.143. The van der Waals surface area contributed by atoms with Gasteiger partial charge in [0.05, 0.1) is 6.54 Å². The van der Waals surface area contributed by atoms with Crippen molar-refractivity contribution in [2.75, 3.05) is 13.1 Å². The van der Waals surface area contributed by atoms with Crippen molar-refractivity contribution >= 4 is 58.2 Å². The third kappa shape index (κ3) is 12.9. The number of likely N-dealkylation sites (tertiary alicyclic amines) is 1. The number of benzene rings is 1. The first-order valence-electron chi connectivity index (χ1n) is 18.3. The van der Waals surface area contributed by atoms with Crippen molar-refractivity contribution < 1.29 is 38.4 Å². The number of nitrogens with zero attached hydrogens (tertiary/aromatic N) is 1. The third-order valence-corrected chi connectivity index (χ3v) is 9.04. The van der Waals surface area contributed by atoms with Crippen LogP contribution in [0.1, 0.15) is 78.7 Å². The fourth-order valence-electron chi connectivity index (χ4n) is 6.54. The van der Waals surface area contributed by atoms with Crippen LogP contribution >= 0.6 is 0 Å². The maximum Gasteiger partial charge on any atom is 0.245 e. The second-order valence-corrected chi connectivity index (χ2v) is 14.6. The van der Waals surface area contributed by atoms with Gasteiger partial charge in [-0.25, -0.2) is 0 Å². The Bertz CT molecular complexity index is 1690. The Morgan fingerprint density at radius 2 is 1.43 bits per heavy atom. The Morgan fingerprint density at radius 3 is 2.06 bits per heavy atom. The van der Waals surface area contributed by atoms with Crippen LogP contribution in [0.4, 0.5) is 0 Å². The second kappa shape index (κ2) is 20.1. The molecule has 0 radical (unpaired) electrons. The van der Waals surface area contributed by atoms with Crippen molar-refractivity contribution in [2.45, 2.75) is 110 Å². The van der Waals surface area contributed by atoms with Crippen molar-refractivity contribution in [3.8, 4) is 0 Å². The fraction of sp³-hybridized carbons (Fsp3) is 0.568. The molecule has 296 valence electrons. The van der Waals surface area contributed by atoms with Crippen molar-refractivity contribution in [3.63, 3.8) is 0 Å². The normalized spacial score (nSPS) is 16.3. The molecule has 8 amide bonds. The van der Waals surface area contributed by atoms with Crippen molar-refractivity contribution in [1.82, 2.24) is 36.5 Å². The smallest absolute Gasteiger partial charge is 0.245 e. The van der Waals surface area contributed by atoms with Crippen molar-refractivity contribution in [1.29, 1.82) is 0 Å². The van der Waals surface area contributed by atoms with E-state index >= 15 is 0 Å². The predicted octanol–water partition coefficient (Wildman–Crippen LogP) is -0.380. The topological polar surface area (TPSA) is 268 Å². The lowest BCUT2D eigenvalue weighted by Gasteiger charge is -2.31. The predicted molar refractivity (Wildman–Crippen MR) is 200 cm³/mol. The van der Waals surface area contributed by atoms with Crippen LogP contribution in [0.3, 0.4) is 0 Å². The minimum absolute atomic E-state index is 0.0459. The first-order chi connectivity index (χ1) is 25.5. The average molecular weight is 754 g/mol. The van der Waals surface area contributed by atoms with Gasteiger partial charge in [0.25, 0.3) is 0 Å². The Morgan fingerprint density at radius 1 is 0.796 bits per heavy atom. The summed E-state index contributed by atoms with van der Waals surface area (Å²) < 4.78 is 0. The number of amides is 8. The molecule has 17 nitrogen and oxygen atoms in total. The maximum absolute atomic E-state index is 14.0. The van der Waals surface area contributed by atoms with Crippen LogP contribution in [-0.4, -0.2) is 100 Å². The lowest BCUT2D eigenvalue weighted by Crippen LogP contribution is -2.59. The molecule has 2 heterocycles. The van der Waals surface area contributed by atoms with Gasteiger partial charge in [-0.15, -0.1) is 0 Å². The van der Waals surface area contributed by atoms with Gasteiger partial charge in [-0.3, -0.25) is 38.4 Å². The van der Waals surface area contributed by atoms with E-state index in [1.54, 1.807) is 6.20 Å². The molecule has 5 atom stereocenters. The number of hydrogen-bond donors (Lipinski definition) is 8. The lowest BCUT2D eigenvalue weighted by atomic mass is 9.99. The average Bonchev–Trinajstić information content (AvgIpc) is 3.75. The summed E-state index contributed by atoms with van der Waals surface area (Å²) in [4.78, 5) is 108. The number of rotatable bonds is 20. The van der Waals surface area contributed by atoms with Gasteiger partial charge in [-0.1, -0.05) is 45.9 Å². The van der Waals surface area contributed by atoms with Crippen LogP contribution in [0.2, 0.25) is 0 Å². The van der Waals surface area contributed by atoms with Crippen LogP contribution in [-0.2, 0) is 44.8 Å². The molecule has 0 spiro atoms. The molecule has 1 aliphatic heterocycles. The van der Waals surface area contributed by atoms with Gasteiger partial charge in [0.1, 0.15) is 30.2 Å². The number of aromatic amines is 1. The molecule has 2 aromatic rings. The molecule has 3 rings (SSSR count). The maximum atomic E-state index is 14.0. The Labute approximate surface area is 314 Å². The number of carbonyl (C=O) groups excluding carboxylic acids is 8. The number of nitrogens with one attached hydrogen (secondary N) is 6. The molecular formula is C37H55N9O8. The highest BCUT2D eigenvalue weighted by Gasteiger charge is 2.40. The Kier molecular flexibility index (Phi) is 16.0. The highest BCUT2D eigenvalue weighted by atomic mass is 16.2. The quantitative estimate of drug-likeness (QED) is 0.0881. The minimum Gasteiger partial charge on any atom is -0.370 e. The van der Waals surface area contributed by atoms with E-state index in [2.05, 4.69) is 31.6 Å². The molecule has 17 heteroatoms. The second-order valence-electron chi connectivity index (χ2n) is 14.6. The molecule has 1 saturated heterocycles. The SMILES string of the molecule is CC(=O)N[C@@H](CCC(N)=O)C(=O)N[C@@H](CC(C)C)C(=O)N1CCC[C@H]1C(=O)N[C@@H](CC(C)C)C(=O)N[C@@H](Cc1c[nH]c2ccccc12)C(=O)NCC(N)=O. The number of fused-ring (bicyclic) bond motifs is 1. The number of carbonyl (C=O) groups is 8. The molecule has 10 N–H and O–H groups in total. The van der Waals surface area contributed by atoms with E-state index in [1.807, 2.05) is 52.0 Å². The summed E-state index contributed by atoms with van der Waals surface area (Å²) in [6.45, 7) is 8.50. The highest BCUT2D eigenvalue weighted by Crippen LogP contribution is 2.22. The molecule has 0 bridgehead atoms. The summed E-state index contributed by atoms with van der Waals surface area (Å²) in [6.07, 6.45) is 2.82. The molecular weight excluding hydrogens is 698 g/mol. The summed E-state index contributed by atoms with van der Waals surface area (Å²) >= 11 is 0. The first kappa shape index (κ1) is 42.9. The zero-order valence-corrected chi connectivity index (χ0v) is 31.7. The number of primary amides is 2. The van der Waals surface area contributed by atoms with E-state index in [4.69, 9.17) is 11.5 Å². The molecule has 1 aromatic heterocycles. The van der Waals surface area contributed by atoms with Crippen LogP contribution in [0.5, 0.6) is 0 Å². The van der Waals surface area contributed by atoms with Crippen LogP contribution in [0.25, 0.3) is 10.9 Å². The number of aromatic nitrogens is 1. The van der Waals surface area contributed by atoms with Gasteiger partial charge in [-0.05, 0) is 55.6 Å². The van der Waals surface area contributed by atoms with Gasteiger partial charge in [0, 0.05) is 43.4 Å². The highest BCUT2D eigenvalue weighted by molar-refractivity contribution is 5.97. The van der Waals surface area contributed by atoms with E-state index in [0.29, 0.717) is 12.8 Å². The Balaban J connectivity index is 1.80. The molecule has 1 aromatic carbocycles. The number of H-pyrrole nitrogens is 1. The summed E-state index contributed by atoms with van der Waals surface area (Å²) in [5, 5.41) is 14.1. The molecule has 0 unspecified atom stereocenters. The first-order valence-corrected chi connectivity index (χ1v) is 18.3. The molecule has 54 heavy (non-hydrogen) atoms. The Hall–Kier alpha value is -5.48. The molecule has 0 saturated carbocycles. The van der Waals surface area contributed by atoms with Gasteiger partial charge >= 0.3 is 0 Å². The van der Waals surface area contributed by atoms with Crippen LogP contribution in [0.15, 0.2) is 30.5 Å². The monoisotopic (exact) mass is 753 g/mol. The van der Waals surface area contributed by atoms with Gasteiger partial charge in [-0.2, -0.15) is 0 Å². The van der Waals surface area contributed by atoms with E-state index in [0.717, 1.165) is 16.5 Å². The van der Waals surface area contributed by atoms with E-state index < -0.39 is 84.0 Å². The number of para-hydroxylation sites is 1. The molecule has 1 fully saturated rings. The third-order valence-electron chi connectivity index (χ3n) is 9.04. The number of hydrogen-bond acceptors (Lipinski definition) is 8. The van der Waals surface area contributed by atoms with E-state index in [-0.39, 0.29) is 50.5 Å².